The summed E-state index contributed by atoms with van der Waals surface area (Å²) < 4.78 is 10.9. The molecule has 1 amide bonds. The number of hydrogen-bond acceptors (Lipinski definition) is 3. The van der Waals surface area contributed by atoms with E-state index in [-0.39, 0.29) is 11.9 Å². The van der Waals surface area contributed by atoms with E-state index >= 15 is 0 Å². The predicted octanol–water partition coefficient (Wildman–Crippen LogP) is 4.62. The van der Waals surface area contributed by atoms with Crippen molar-refractivity contribution in [1.29, 1.82) is 0 Å². The van der Waals surface area contributed by atoms with Gasteiger partial charge in [-0.15, -0.1) is 0 Å². The second-order valence-electron chi connectivity index (χ2n) is 7.74. The lowest BCUT2D eigenvalue weighted by Crippen LogP contribution is -2.48. The highest BCUT2D eigenvalue weighted by Gasteiger charge is 2.40. The van der Waals surface area contributed by atoms with Gasteiger partial charge in [0.15, 0.2) is 0 Å². The molecule has 1 unspecified atom stereocenters. The summed E-state index contributed by atoms with van der Waals surface area (Å²) in [6, 6.07) is 16.7. The van der Waals surface area contributed by atoms with Crippen molar-refractivity contribution in [1.82, 2.24) is 5.32 Å². The minimum Gasteiger partial charge on any atom is -0.497 e. The van der Waals surface area contributed by atoms with Gasteiger partial charge in [0.05, 0.1) is 12.5 Å². The van der Waals surface area contributed by atoms with Gasteiger partial charge in [0, 0.05) is 19.3 Å². The van der Waals surface area contributed by atoms with Gasteiger partial charge in [0.1, 0.15) is 5.75 Å². The smallest absolute Gasteiger partial charge is 0.226 e. The Kier molecular flexibility index (Phi) is 6.74. The molecule has 2 aromatic rings. The monoisotopic (exact) mass is 381 g/mol. The molecule has 0 radical (unpaired) electrons. The maximum absolute atomic E-state index is 13.2. The number of benzene rings is 2. The van der Waals surface area contributed by atoms with Gasteiger partial charge < -0.3 is 14.8 Å². The van der Waals surface area contributed by atoms with Crippen LogP contribution in [-0.4, -0.2) is 32.3 Å². The molecule has 1 aliphatic rings. The molecule has 3 rings (SSSR count). The average Bonchev–Trinajstić information content (AvgIpc) is 2.74. The van der Waals surface area contributed by atoms with Crippen molar-refractivity contribution in [2.45, 2.75) is 45.6 Å². The second-order valence-corrected chi connectivity index (χ2v) is 7.74. The van der Waals surface area contributed by atoms with E-state index in [0.29, 0.717) is 13.2 Å². The number of hydrogen-bond donors (Lipinski definition) is 1. The van der Waals surface area contributed by atoms with Crippen molar-refractivity contribution >= 4 is 5.91 Å². The highest BCUT2D eigenvalue weighted by atomic mass is 16.5. The van der Waals surface area contributed by atoms with Crippen molar-refractivity contribution in [2.24, 2.45) is 5.41 Å². The lowest BCUT2D eigenvalue weighted by Gasteiger charge is -2.37. The Labute approximate surface area is 168 Å². The maximum atomic E-state index is 13.2. The molecule has 0 bridgehead atoms. The third kappa shape index (κ3) is 4.56. The van der Waals surface area contributed by atoms with Gasteiger partial charge in [-0.3, -0.25) is 4.79 Å². The molecule has 28 heavy (non-hydrogen) atoms. The number of nitrogens with one attached hydrogen (secondary N) is 1. The van der Waals surface area contributed by atoms with Crippen LogP contribution in [0.5, 0.6) is 5.75 Å². The van der Waals surface area contributed by atoms with Crippen molar-refractivity contribution in [2.75, 3.05) is 20.3 Å². The highest BCUT2D eigenvalue weighted by Crippen LogP contribution is 2.38. The Balaban J connectivity index is 1.91. The first kappa shape index (κ1) is 20.4. The van der Waals surface area contributed by atoms with E-state index in [1.807, 2.05) is 12.1 Å². The molecular weight excluding hydrogens is 350 g/mol. The van der Waals surface area contributed by atoms with Crippen LogP contribution in [-0.2, 0) is 16.0 Å². The van der Waals surface area contributed by atoms with Crippen LogP contribution in [0.4, 0.5) is 0 Å². The molecule has 1 aliphatic heterocycles. The van der Waals surface area contributed by atoms with E-state index in [1.54, 1.807) is 7.11 Å². The summed E-state index contributed by atoms with van der Waals surface area (Å²) in [6.07, 6.45) is 3.17. The van der Waals surface area contributed by atoms with Crippen LogP contribution in [0.15, 0.2) is 48.5 Å². The standard InChI is InChI=1S/C24H31NO3/c1-4-18(2)25-23(26)24(13-15-28-16-14-24)17-20-7-5-6-8-22(20)19-9-11-21(27-3)12-10-19/h5-12,18H,4,13-17H2,1-3H3,(H,25,26). The second kappa shape index (κ2) is 9.24. The zero-order valence-corrected chi connectivity index (χ0v) is 17.2. The summed E-state index contributed by atoms with van der Waals surface area (Å²) in [7, 11) is 1.67. The summed E-state index contributed by atoms with van der Waals surface area (Å²) >= 11 is 0. The largest absolute Gasteiger partial charge is 0.497 e. The SMILES string of the molecule is CCC(C)NC(=O)C1(Cc2ccccc2-c2ccc(OC)cc2)CCOCC1. The lowest BCUT2D eigenvalue weighted by atomic mass is 9.73. The fourth-order valence-corrected chi connectivity index (χ4v) is 3.82. The molecule has 1 saturated heterocycles. The normalized spacial score (nSPS) is 17.0. The molecule has 1 heterocycles. The topological polar surface area (TPSA) is 47.6 Å². The Morgan fingerprint density at radius 2 is 1.82 bits per heavy atom. The van der Waals surface area contributed by atoms with Crippen molar-refractivity contribution in [3.63, 3.8) is 0 Å². The molecule has 150 valence electrons. The Morgan fingerprint density at radius 3 is 2.46 bits per heavy atom. The van der Waals surface area contributed by atoms with Gasteiger partial charge in [-0.1, -0.05) is 43.3 Å². The summed E-state index contributed by atoms with van der Waals surface area (Å²) in [4.78, 5) is 13.2. The van der Waals surface area contributed by atoms with Gasteiger partial charge in [0.2, 0.25) is 5.91 Å². The first-order chi connectivity index (χ1) is 13.6. The van der Waals surface area contributed by atoms with E-state index < -0.39 is 5.41 Å². The van der Waals surface area contributed by atoms with E-state index in [0.717, 1.165) is 37.0 Å². The number of methoxy groups -OCH3 is 1. The van der Waals surface area contributed by atoms with Crippen LogP contribution < -0.4 is 10.1 Å². The molecule has 4 nitrogen and oxygen atoms in total. The summed E-state index contributed by atoms with van der Waals surface area (Å²) in [5.74, 6) is 1.00. The fraction of sp³-hybridized carbons (Fsp3) is 0.458. The molecule has 0 aromatic heterocycles. The molecular formula is C24H31NO3. The van der Waals surface area contributed by atoms with Crippen LogP contribution in [0.25, 0.3) is 11.1 Å². The van der Waals surface area contributed by atoms with Crippen molar-refractivity contribution in [3.8, 4) is 16.9 Å². The Morgan fingerprint density at radius 1 is 1.14 bits per heavy atom. The molecule has 0 saturated carbocycles. The summed E-state index contributed by atoms with van der Waals surface area (Å²) in [5, 5.41) is 3.22. The molecule has 2 aromatic carbocycles. The first-order valence-corrected chi connectivity index (χ1v) is 10.2. The van der Waals surface area contributed by atoms with E-state index in [2.05, 4.69) is 55.6 Å². The zero-order chi connectivity index (χ0) is 20.0. The fourth-order valence-electron chi connectivity index (χ4n) is 3.82. The molecule has 0 aliphatic carbocycles. The van der Waals surface area contributed by atoms with Gasteiger partial charge in [-0.25, -0.2) is 0 Å². The molecule has 1 N–H and O–H groups in total. The van der Waals surface area contributed by atoms with Gasteiger partial charge in [0.25, 0.3) is 0 Å². The number of carbonyl (C=O) groups excluding carboxylic acids is 1. The minimum atomic E-state index is -0.412. The average molecular weight is 382 g/mol. The van der Waals surface area contributed by atoms with Crippen molar-refractivity contribution < 1.29 is 14.3 Å². The van der Waals surface area contributed by atoms with E-state index in [9.17, 15) is 4.79 Å². The highest BCUT2D eigenvalue weighted by molar-refractivity contribution is 5.84. The quantitative estimate of drug-likeness (QED) is 0.761. The molecule has 0 spiro atoms. The Bertz CT molecular complexity index is 779. The number of rotatable bonds is 7. The van der Waals surface area contributed by atoms with Crippen LogP contribution >= 0.6 is 0 Å². The number of ether oxygens (including phenoxy) is 2. The van der Waals surface area contributed by atoms with E-state index in [1.165, 1.54) is 11.1 Å². The molecule has 1 fully saturated rings. The van der Waals surface area contributed by atoms with Gasteiger partial charge in [-0.2, -0.15) is 0 Å². The van der Waals surface area contributed by atoms with Gasteiger partial charge >= 0.3 is 0 Å². The van der Waals surface area contributed by atoms with Crippen molar-refractivity contribution in [3.05, 3.63) is 54.1 Å². The number of carbonyl (C=O) groups is 1. The predicted molar refractivity (Wildman–Crippen MR) is 113 cm³/mol. The van der Waals surface area contributed by atoms with Crippen LogP contribution in [0.3, 0.4) is 0 Å². The molecule has 4 heteroatoms. The Hall–Kier alpha value is -2.33. The lowest BCUT2D eigenvalue weighted by molar-refractivity contribution is -0.137. The summed E-state index contributed by atoms with van der Waals surface area (Å²) in [5.41, 5.74) is 3.10. The molecule has 1 atom stereocenters. The van der Waals surface area contributed by atoms with Crippen LogP contribution in [0.2, 0.25) is 0 Å². The van der Waals surface area contributed by atoms with Crippen LogP contribution in [0.1, 0.15) is 38.7 Å². The zero-order valence-electron chi connectivity index (χ0n) is 17.2. The van der Waals surface area contributed by atoms with Crippen LogP contribution in [0, 0.1) is 5.41 Å². The van der Waals surface area contributed by atoms with Gasteiger partial charge in [-0.05, 0) is 61.4 Å². The minimum absolute atomic E-state index is 0.162. The summed E-state index contributed by atoms with van der Waals surface area (Å²) in [6.45, 7) is 5.44. The maximum Gasteiger partial charge on any atom is 0.226 e. The number of amides is 1. The van der Waals surface area contributed by atoms with E-state index in [4.69, 9.17) is 9.47 Å². The first-order valence-electron chi connectivity index (χ1n) is 10.2. The third-order valence-electron chi connectivity index (χ3n) is 5.87. The third-order valence-corrected chi connectivity index (χ3v) is 5.87.